The number of alkyl halides is 1. The Balaban J connectivity index is 3.05. The van der Waals surface area contributed by atoms with Gasteiger partial charge in [0.2, 0.25) is 0 Å². The molecule has 0 aliphatic carbocycles. The lowest BCUT2D eigenvalue weighted by molar-refractivity contribution is 0.0718. The molecule has 1 N–H and O–H groups in total. The number of rotatable bonds is 4. The molecule has 1 rings (SSSR count). The van der Waals surface area contributed by atoms with Crippen LogP contribution < -0.4 is 0 Å². The Bertz CT molecular complexity index is 404. The maximum Gasteiger partial charge on any atom is 0.254 e. The number of hydrogen-bond donors (Lipinski definition) is 1. The number of amides is 1. The van der Waals surface area contributed by atoms with Crippen molar-refractivity contribution in [3.05, 3.63) is 29.3 Å². The molecule has 94 valence electrons. The van der Waals surface area contributed by atoms with Gasteiger partial charge < -0.3 is 10.0 Å². The second kappa shape index (κ2) is 6.05. The Hall–Kier alpha value is -1.03. The van der Waals surface area contributed by atoms with Crippen molar-refractivity contribution in [1.29, 1.82) is 0 Å². The van der Waals surface area contributed by atoms with Crippen molar-refractivity contribution >= 4 is 21.8 Å². The van der Waals surface area contributed by atoms with Gasteiger partial charge in [0.1, 0.15) is 5.75 Å². The summed E-state index contributed by atoms with van der Waals surface area (Å²) in [6.07, 6.45) is 0. The first-order valence-corrected chi connectivity index (χ1v) is 6.76. The fourth-order valence-corrected chi connectivity index (χ4v) is 2.08. The van der Waals surface area contributed by atoms with Gasteiger partial charge >= 0.3 is 0 Å². The Morgan fingerprint density at radius 3 is 2.65 bits per heavy atom. The van der Waals surface area contributed by atoms with E-state index in [0.717, 1.165) is 5.33 Å². The SMILES string of the molecule is Cc1c(O)cccc1C(=O)N(CCBr)C(C)C. The molecule has 0 heterocycles. The fraction of sp³-hybridized carbons (Fsp3) is 0.462. The number of nitrogens with zero attached hydrogens (tertiary/aromatic N) is 1. The number of phenolic OH excluding ortho intramolecular Hbond substituents is 1. The molecule has 0 spiro atoms. The normalized spacial score (nSPS) is 10.6. The van der Waals surface area contributed by atoms with Crippen molar-refractivity contribution in [3.8, 4) is 5.75 Å². The highest BCUT2D eigenvalue weighted by Gasteiger charge is 2.20. The third-order valence-electron chi connectivity index (χ3n) is 2.75. The summed E-state index contributed by atoms with van der Waals surface area (Å²) in [6.45, 7) is 6.39. The van der Waals surface area contributed by atoms with Crippen LogP contribution in [0, 0.1) is 6.92 Å². The second-order valence-electron chi connectivity index (χ2n) is 4.23. The molecule has 4 heteroatoms. The van der Waals surface area contributed by atoms with Gasteiger partial charge in [-0.3, -0.25) is 4.79 Å². The highest BCUT2D eigenvalue weighted by atomic mass is 79.9. The molecule has 0 bridgehead atoms. The van der Waals surface area contributed by atoms with Gasteiger partial charge in [0.15, 0.2) is 0 Å². The second-order valence-corrected chi connectivity index (χ2v) is 5.02. The van der Waals surface area contributed by atoms with E-state index < -0.39 is 0 Å². The minimum Gasteiger partial charge on any atom is -0.508 e. The first kappa shape index (κ1) is 14.0. The zero-order valence-corrected chi connectivity index (χ0v) is 12.0. The average molecular weight is 300 g/mol. The van der Waals surface area contributed by atoms with Gasteiger partial charge in [0.25, 0.3) is 5.91 Å². The molecule has 0 atom stereocenters. The Kier molecular flexibility index (Phi) is 5.00. The first-order valence-electron chi connectivity index (χ1n) is 5.64. The highest BCUT2D eigenvalue weighted by molar-refractivity contribution is 9.09. The predicted octanol–water partition coefficient (Wildman–Crippen LogP) is 2.95. The quantitative estimate of drug-likeness (QED) is 0.869. The molecular weight excluding hydrogens is 282 g/mol. The molecule has 0 aliphatic rings. The summed E-state index contributed by atoms with van der Waals surface area (Å²) >= 11 is 3.35. The van der Waals surface area contributed by atoms with E-state index >= 15 is 0 Å². The van der Waals surface area contributed by atoms with E-state index in [4.69, 9.17) is 0 Å². The van der Waals surface area contributed by atoms with E-state index in [1.165, 1.54) is 0 Å². The van der Waals surface area contributed by atoms with E-state index in [1.807, 2.05) is 13.8 Å². The van der Waals surface area contributed by atoms with Crippen LogP contribution in [-0.4, -0.2) is 33.8 Å². The minimum absolute atomic E-state index is 0.0344. The van der Waals surface area contributed by atoms with Gasteiger partial charge in [0, 0.05) is 29.0 Å². The van der Waals surface area contributed by atoms with E-state index in [-0.39, 0.29) is 17.7 Å². The largest absolute Gasteiger partial charge is 0.508 e. The van der Waals surface area contributed by atoms with Gasteiger partial charge in [-0.15, -0.1) is 0 Å². The van der Waals surface area contributed by atoms with Crippen molar-refractivity contribution < 1.29 is 9.90 Å². The molecule has 0 unspecified atom stereocenters. The van der Waals surface area contributed by atoms with Gasteiger partial charge in [-0.25, -0.2) is 0 Å². The first-order chi connectivity index (χ1) is 7.99. The summed E-state index contributed by atoms with van der Waals surface area (Å²) in [4.78, 5) is 14.1. The summed E-state index contributed by atoms with van der Waals surface area (Å²) in [5, 5.41) is 10.4. The van der Waals surface area contributed by atoms with Crippen LogP contribution in [-0.2, 0) is 0 Å². The number of hydrogen-bond acceptors (Lipinski definition) is 2. The molecule has 3 nitrogen and oxygen atoms in total. The molecule has 0 radical (unpaired) electrons. The Labute approximate surface area is 111 Å². The van der Waals surface area contributed by atoms with Crippen LogP contribution in [0.25, 0.3) is 0 Å². The average Bonchev–Trinajstić information content (AvgIpc) is 2.28. The lowest BCUT2D eigenvalue weighted by Crippen LogP contribution is -2.38. The molecule has 0 saturated heterocycles. The van der Waals surface area contributed by atoms with Crippen molar-refractivity contribution in [2.75, 3.05) is 11.9 Å². The van der Waals surface area contributed by atoms with E-state index in [0.29, 0.717) is 17.7 Å². The van der Waals surface area contributed by atoms with Crippen LogP contribution >= 0.6 is 15.9 Å². The van der Waals surface area contributed by atoms with Crippen LogP contribution in [0.5, 0.6) is 5.75 Å². The molecule has 0 aromatic heterocycles. The van der Waals surface area contributed by atoms with Crippen LogP contribution in [0.2, 0.25) is 0 Å². The maximum atomic E-state index is 12.3. The van der Waals surface area contributed by atoms with Crippen molar-refractivity contribution in [2.45, 2.75) is 26.8 Å². The van der Waals surface area contributed by atoms with Gasteiger partial charge in [0.05, 0.1) is 0 Å². The summed E-state index contributed by atoms with van der Waals surface area (Å²) in [5.74, 6) is 0.131. The zero-order chi connectivity index (χ0) is 13.0. The molecule has 0 saturated carbocycles. The standard InChI is InChI=1S/C13H18BrNO2/c1-9(2)15(8-7-14)13(17)11-5-4-6-12(16)10(11)3/h4-6,9,16H,7-8H2,1-3H3. The van der Waals surface area contributed by atoms with Gasteiger partial charge in [-0.2, -0.15) is 0 Å². The van der Waals surface area contributed by atoms with E-state index in [1.54, 1.807) is 30.0 Å². The minimum atomic E-state index is -0.0344. The van der Waals surface area contributed by atoms with E-state index in [9.17, 15) is 9.90 Å². The maximum absolute atomic E-state index is 12.3. The van der Waals surface area contributed by atoms with Crippen LogP contribution in [0.3, 0.4) is 0 Å². The molecule has 0 aliphatic heterocycles. The Morgan fingerprint density at radius 1 is 1.47 bits per heavy atom. The van der Waals surface area contributed by atoms with Crippen LogP contribution in [0.4, 0.5) is 0 Å². The topological polar surface area (TPSA) is 40.5 Å². The molecule has 1 aromatic carbocycles. The smallest absolute Gasteiger partial charge is 0.254 e. The summed E-state index contributed by atoms with van der Waals surface area (Å²) in [5.41, 5.74) is 1.21. The van der Waals surface area contributed by atoms with Crippen molar-refractivity contribution in [3.63, 3.8) is 0 Å². The third-order valence-corrected chi connectivity index (χ3v) is 3.10. The number of carbonyl (C=O) groups excluding carboxylic acids is 1. The summed E-state index contributed by atoms with van der Waals surface area (Å²) < 4.78 is 0. The van der Waals surface area contributed by atoms with Gasteiger partial charge in [-0.05, 0) is 32.9 Å². The zero-order valence-electron chi connectivity index (χ0n) is 10.4. The fourth-order valence-electron chi connectivity index (χ4n) is 1.70. The Morgan fingerprint density at radius 2 is 2.12 bits per heavy atom. The molecule has 0 fully saturated rings. The van der Waals surface area contributed by atoms with Crippen LogP contribution in [0.1, 0.15) is 29.8 Å². The highest BCUT2D eigenvalue weighted by Crippen LogP contribution is 2.21. The van der Waals surface area contributed by atoms with Gasteiger partial charge in [-0.1, -0.05) is 22.0 Å². The number of benzene rings is 1. The van der Waals surface area contributed by atoms with E-state index in [2.05, 4.69) is 15.9 Å². The predicted molar refractivity (Wildman–Crippen MR) is 72.8 cm³/mol. The number of carbonyl (C=O) groups is 1. The lowest BCUT2D eigenvalue weighted by Gasteiger charge is -2.26. The number of aromatic hydroxyl groups is 1. The third kappa shape index (κ3) is 3.22. The van der Waals surface area contributed by atoms with Crippen molar-refractivity contribution in [2.24, 2.45) is 0 Å². The molecule has 1 aromatic rings. The lowest BCUT2D eigenvalue weighted by atomic mass is 10.1. The molecule has 1 amide bonds. The van der Waals surface area contributed by atoms with Crippen molar-refractivity contribution in [1.82, 2.24) is 4.90 Å². The molecular formula is C13H18BrNO2. The summed E-state index contributed by atoms with van der Waals surface area (Å²) in [7, 11) is 0. The number of phenols is 1. The summed E-state index contributed by atoms with van der Waals surface area (Å²) in [6, 6.07) is 5.18. The molecule has 17 heavy (non-hydrogen) atoms. The number of halogens is 1. The van der Waals surface area contributed by atoms with Crippen LogP contribution in [0.15, 0.2) is 18.2 Å². The monoisotopic (exact) mass is 299 g/mol.